The third-order valence-corrected chi connectivity index (χ3v) is 10.3. The predicted octanol–water partition coefficient (Wildman–Crippen LogP) is 4.27. The summed E-state index contributed by atoms with van der Waals surface area (Å²) in [6.07, 6.45) is 7.21. The van der Waals surface area contributed by atoms with E-state index in [4.69, 9.17) is 23.5 Å². The van der Waals surface area contributed by atoms with Crippen LogP contribution in [0.25, 0.3) is 0 Å². The second-order valence-electron chi connectivity index (χ2n) is 12.4. The van der Waals surface area contributed by atoms with Crippen molar-refractivity contribution in [2.24, 2.45) is 33.2 Å². The topological polar surface area (TPSA) is 117 Å². The van der Waals surface area contributed by atoms with Crippen LogP contribution in [0.5, 0.6) is 0 Å². The van der Waals surface area contributed by atoms with Crippen LogP contribution in [0.4, 0.5) is 0 Å². The van der Waals surface area contributed by atoms with Crippen LogP contribution in [-0.2, 0) is 33.4 Å². The molecule has 6 rings (SSSR count). The van der Waals surface area contributed by atoms with Crippen molar-refractivity contribution in [3.63, 3.8) is 0 Å². The molecule has 8 atom stereocenters. The molecule has 3 aliphatic heterocycles. The Morgan fingerprint density at radius 2 is 1.86 bits per heavy atom. The summed E-state index contributed by atoms with van der Waals surface area (Å²) in [4.78, 5) is 43.0. The molecule has 9 heteroatoms. The van der Waals surface area contributed by atoms with E-state index in [-0.39, 0.29) is 17.8 Å². The lowest BCUT2D eigenvalue weighted by molar-refractivity contribution is -0.196. The van der Waals surface area contributed by atoms with Gasteiger partial charge >= 0.3 is 17.9 Å². The summed E-state index contributed by atoms with van der Waals surface area (Å²) in [7, 11) is 0. The van der Waals surface area contributed by atoms with Crippen LogP contribution < -0.4 is 0 Å². The first-order chi connectivity index (χ1) is 17.3. The van der Waals surface area contributed by atoms with E-state index in [9.17, 15) is 14.4 Å². The van der Waals surface area contributed by atoms with Gasteiger partial charge in [0.1, 0.15) is 17.3 Å². The number of hydrogen-bond acceptors (Lipinski definition) is 9. The number of oxime groups is 1. The fourth-order valence-corrected chi connectivity index (χ4v) is 8.77. The second kappa shape index (κ2) is 7.34. The van der Waals surface area contributed by atoms with E-state index in [1.807, 2.05) is 26.0 Å². The number of cyclic esters (lactones) is 2. The Morgan fingerprint density at radius 1 is 1.11 bits per heavy atom. The Kier molecular flexibility index (Phi) is 4.84. The number of fused-ring (bicyclic) bond motifs is 3. The van der Waals surface area contributed by atoms with Gasteiger partial charge in [-0.15, -0.1) is 0 Å². The number of furan rings is 1. The summed E-state index contributed by atoms with van der Waals surface area (Å²) in [5.41, 5.74) is -2.22. The molecule has 0 N–H and O–H groups in total. The van der Waals surface area contributed by atoms with E-state index >= 15 is 0 Å². The number of epoxide rings is 1. The highest BCUT2D eigenvalue weighted by molar-refractivity contribution is 5.97. The molecule has 2 saturated heterocycles. The second-order valence-corrected chi connectivity index (χ2v) is 12.4. The number of esters is 2. The van der Waals surface area contributed by atoms with Crippen LogP contribution in [0.3, 0.4) is 0 Å². The SMILES string of the molecule is CC(=O)O/N=C1\C[C@H]2C(C)(C)OC(=O)C=C[C@]2(C)[C@H]2CC[C@@]3(C)[C@@H](c4ccoc4)OC(=O)[C@H]4O[C@]43[C@]12C. The molecule has 1 aromatic rings. The zero-order valence-electron chi connectivity index (χ0n) is 22.0. The first-order valence-electron chi connectivity index (χ1n) is 12.9. The molecule has 4 fully saturated rings. The molecule has 4 heterocycles. The normalized spacial score (nSPS) is 46.4. The van der Waals surface area contributed by atoms with E-state index in [0.29, 0.717) is 18.6 Å². The summed E-state index contributed by atoms with van der Waals surface area (Å²) >= 11 is 0. The Morgan fingerprint density at radius 3 is 2.54 bits per heavy atom. The predicted molar refractivity (Wildman–Crippen MR) is 129 cm³/mol. The fourth-order valence-electron chi connectivity index (χ4n) is 8.77. The van der Waals surface area contributed by atoms with Crippen molar-refractivity contribution in [1.29, 1.82) is 0 Å². The van der Waals surface area contributed by atoms with E-state index in [1.54, 1.807) is 12.5 Å². The molecule has 1 spiro atoms. The molecule has 0 unspecified atom stereocenters. The molecule has 198 valence electrons. The minimum absolute atomic E-state index is 0.0907. The summed E-state index contributed by atoms with van der Waals surface area (Å²) in [6.45, 7) is 11.5. The van der Waals surface area contributed by atoms with Gasteiger partial charge in [-0.1, -0.05) is 32.0 Å². The Bertz CT molecular complexity index is 1250. The monoisotopic (exact) mass is 511 g/mol. The maximum Gasteiger partial charge on any atom is 0.339 e. The quantitative estimate of drug-likeness (QED) is 0.250. The molecule has 9 nitrogen and oxygen atoms in total. The molecular weight excluding hydrogens is 478 g/mol. The van der Waals surface area contributed by atoms with Gasteiger partial charge in [0, 0.05) is 35.3 Å². The maximum atomic E-state index is 13.3. The van der Waals surface area contributed by atoms with E-state index in [1.165, 1.54) is 13.0 Å². The average Bonchev–Trinajstić information content (AvgIpc) is 3.41. The zero-order chi connectivity index (χ0) is 26.6. The van der Waals surface area contributed by atoms with Crippen molar-refractivity contribution in [3.8, 4) is 0 Å². The summed E-state index contributed by atoms with van der Waals surface area (Å²) in [5.74, 6) is -1.57. The molecule has 2 aliphatic carbocycles. The molecule has 0 radical (unpaired) electrons. The summed E-state index contributed by atoms with van der Waals surface area (Å²) < 4.78 is 23.7. The molecule has 5 aliphatic rings. The zero-order valence-corrected chi connectivity index (χ0v) is 22.0. The van der Waals surface area contributed by atoms with E-state index in [2.05, 4.69) is 25.9 Å². The standard InChI is InChI=1S/C28H33NO8/c1-15(30)37-29-19-13-18-24(2,3)35-20(31)8-10-25(18,4)17-7-11-26(5)21(16-9-12-33-14-16)34-23(32)22-28(26,36-22)27(17,19)6/h8-10,12,14,17-18,21-22H,7,11,13H2,1-6H3/b29-19+/t17-,18+,21-,22-,25-,26+,27+,28-/m1/s1. The van der Waals surface area contributed by atoms with Gasteiger partial charge in [-0.2, -0.15) is 0 Å². The highest BCUT2D eigenvalue weighted by atomic mass is 16.7. The van der Waals surface area contributed by atoms with Gasteiger partial charge in [0.15, 0.2) is 6.10 Å². The number of hydrogen-bond donors (Lipinski definition) is 0. The Hall–Kier alpha value is -2.94. The van der Waals surface area contributed by atoms with Crippen LogP contribution in [0, 0.1) is 28.1 Å². The van der Waals surface area contributed by atoms with Crippen molar-refractivity contribution in [1.82, 2.24) is 0 Å². The van der Waals surface area contributed by atoms with Gasteiger partial charge in [0.25, 0.3) is 0 Å². The largest absolute Gasteiger partial charge is 0.472 e. The lowest BCUT2D eigenvalue weighted by atomic mass is 9.37. The highest BCUT2D eigenvalue weighted by Crippen LogP contribution is 2.78. The van der Waals surface area contributed by atoms with Crippen molar-refractivity contribution < 1.29 is 37.8 Å². The number of allylic oxidation sites excluding steroid dienone is 1. The van der Waals surface area contributed by atoms with Crippen LogP contribution in [0.1, 0.15) is 72.5 Å². The highest BCUT2D eigenvalue weighted by Gasteiger charge is 2.87. The summed E-state index contributed by atoms with van der Waals surface area (Å²) in [6, 6.07) is 1.82. The lowest BCUT2D eigenvalue weighted by Crippen LogP contribution is -2.71. The van der Waals surface area contributed by atoms with Crippen molar-refractivity contribution in [2.45, 2.75) is 84.2 Å². The number of carbonyl (C=O) groups excluding carboxylic acids is 3. The first-order valence-corrected chi connectivity index (χ1v) is 12.9. The minimum Gasteiger partial charge on any atom is -0.472 e. The van der Waals surface area contributed by atoms with Crippen molar-refractivity contribution >= 4 is 23.6 Å². The smallest absolute Gasteiger partial charge is 0.339 e. The minimum atomic E-state index is -0.942. The third-order valence-electron chi connectivity index (χ3n) is 10.3. The number of rotatable bonds is 2. The van der Waals surface area contributed by atoms with Crippen molar-refractivity contribution in [3.05, 3.63) is 36.3 Å². The van der Waals surface area contributed by atoms with Gasteiger partial charge in [0.05, 0.1) is 18.2 Å². The molecule has 0 aromatic carbocycles. The van der Waals surface area contributed by atoms with Crippen LogP contribution >= 0.6 is 0 Å². The Labute approximate surface area is 215 Å². The first kappa shape index (κ1) is 24.4. The Balaban J connectivity index is 1.57. The van der Waals surface area contributed by atoms with E-state index < -0.39 is 51.6 Å². The number of nitrogens with zero attached hydrogens (tertiary/aromatic N) is 1. The van der Waals surface area contributed by atoms with Gasteiger partial charge in [0.2, 0.25) is 0 Å². The average molecular weight is 512 g/mol. The molecular formula is C28H33NO8. The van der Waals surface area contributed by atoms with E-state index in [0.717, 1.165) is 12.0 Å². The molecule has 37 heavy (non-hydrogen) atoms. The number of ether oxygens (including phenoxy) is 3. The van der Waals surface area contributed by atoms with Gasteiger partial charge in [-0.3, -0.25) is 0 Å². The molecule has 0 bridgehead atoms. The van der Waals surface area contributed by atoms with Crippen LogP contribution in [0.15, 0.2) is 40.3 Å². The fraction of sp³-hybridized carbons (Fsp3) is 0.643. The van der Waals surface area contributed by atoms with Gasteiger partial charge in [-0.25, -0.2) is 14.4 Å². The third kappa shape index (κ3) is 2.89. The van der Waals surface area contributed by atoms with Gasteiger partial charge < -0.3 is 23.5 Å². The number of carbonyl (C=O) groups is 3. The molecule has 2 saturated carbocycles. The summed E-state index contributed by atoms with van der Waals surface area (Å²) in [5, 5.41) is 4.43. The molecule has 0 amide bonds. The van der Waals surface area contributed by atoms with Crippen molar-refractivity contribution in [2.75, 3.05) is 0 Å². The maximum absolute atomic E-state index is 13.3. The van der Waals surface area contributed by atoms with Crippen LogP contribution in [-0.4, -0.2) is 40.9 Å². The van der Waals surface area contributed by atoms with Gasteiger partial charge in [-0.05, 0) is 50.5 Å². The van der Waals surface area contributed by atoms with Crippen LogP contribution in [0.2, 0.25) is 0 Å². The molecule has 1 aromatic heterocycles. The lowest BCUT2D eigenvalue weighted by Gasteiger charge is -2.65.